The van der Waals surface area contributed by atoms with E-state index < -0.39 is 5.97 Å². The number of hydrogen-bond acceptors (Lipinski definition) is 3. The minimum Gasteiger partial charge on any atom is -0.508 e. The number of anilines is 1. The van der Waals surface area contributed by atoms with Crippen molar-refractivity contribution in [1.82, 2.24) is 0 Å². The van der Waals surface area contributed by atoms with Crippen LogP contribution in [0.15, 0.2) is 24.3 Å². The number of aromatic hydroxyl groups is 1. The molecule has 0 fully saturated rings. The van der Waals surface area contributed by atoms with Gasteiger partial charge in [-0.05, 0) is 25.0 Å². The molecule has 0 radical (unpaired) electrons. The fourth-order valence-electron chi connectivity index (χ4n) is 1.94. The monoisotopic (exact) mass is 265 g/mol. The Morgan fingerprint density at radius 3 is 2.53 bits per heavy atom. The molecular weight excluding hydrogens is 246 g/mol. The lowest BCUT2D eigenvalue weighted by Gasteiger charge is -2.22. The number of nitrogens with zero attached hydrogens (tertiary/aromatic N) is 1. The van der Waals surface area contributed by atoms with E-state index in [0.29, 0.717) is 12.2 Å². The number of amides is 1. The molecule has 0 saturated carbocycles. The molecule has 1 unspecified atom stereocenters. The van der Waals surface area contributed by atoms with E-state index in [-0.39, 0.29) is 30.4 Å². The maximum absolute atomic E-state index is 12.1. The van der Waals surface area contributed by atoms with Crippen LogP contribution in [0, 0.1) is 5.92 Å². The second kappa shape index (κ2) is 6.78. The van der Waals surface area contributed by atoms with Gasteiger partial charge < -0.3 is 15.1 Å². The van der Waals surface area contributed by atoms with Crippen LogP contribution < -0.4 is 4.90 Å². The Labute approximate surface area is 112 Å². The van der Waals surface area contributed by atoms with Gasteiger partial charge in [0.15, 0.2) is 0 Å². The summed E-state index contributed by atoms with van der Waals surface area (Å²) >= 11 is 0. The van der Waals surface area contributed by atoms with Gasteiger partial charge in [0.2, 0.25) is 5.91 Å². The van der Waals surface area contributed by atoms with Crippen molar-refractivity contribution in [3.63, 3.8) is 0 Å². The van der Waals surface area contributed by atoms with Crippen LogP contribution in [-0.2, 0) is 9.59 Å². The van der Waals surface area contributed by atoms with Crippen LogP contribution in [0.4, 0.5) is 5.69 Å². The molecule has 0 aliphatic heterocycles. The van der Waals surface area contributed by atoms with E-state index in [1.165, 1.54) is 17.0 Å². The topological polar surface area (TPSA) is 77.8 Å². The Hall–Kier alpha value is -2.04. The third-order valence-electron chi connectivity index (χ3n) is 2.80. The Bertz CT molecular complexity index is 459. The molecule has 5 nitrogen and oxygen atoms in total. The van der Waals surface area contributed by atoms with E-state index in [4.69, 9.17) is 5.11 Å². The average Bonchev–Trinajstić information content (AvgIpc) is 2.28. The maximum Gasteiger partial charge on any atom is 0.303 e. The summed E-state index contributed by atoms with van der Waals surface area (Å²) in [6.45, 7) is 4.05. The second-order valence-corrected chi connectivity index (χ2v) is 4.57. The fourth-order valence-corrected chi connectivity index (χ4v) is 1.94. The molecule has 0 saturated heterocycles. The highest BCUT2D eigenvalue weighted by atomic mass is 16.4. The minimum absolute atomic E-state index is 0.0245. The van der Waals surface area contributed by atoms with Crippen LogP contribution in [0.25, 0.3) is 0 Å². The Kier molecular flexibility index (Phi) is 5.36. The van der Waals surface area contributed by atoms with Crippen LogP contribution in [0.1, 0.15) is 26.7 Å². The lowest BCUT2D eigenvalue weighted by molar-refractivity contribution is -0.138. The number of phenols is 1. The van der Waals surface area contributed by atoms with E-state index in [1.54, 1.807) is 19.1 Å². The van der Waals surface area contributed by atoms with Gasteiger partial charge in [0.05, 0.1) is 0 Å². The van der Waals surface area contributed by atoms with E-state index in [0.717, 1.165) is 0 Å². The van der Waals surface area contributed by atoms with Crippen molar-refractivity contribution >= 4 is 17.6 Å². The largest absolute Gasteiger partial charge is 0.508 e. The van der Waals surface area contributed by atoms with Crippen molar-refractivity contribution in [3.8, 4) is 5.75 Å². The standard InChI is InChI=1S/C14H19NO4/c1-3-15(11-5-4-6-12(16)9-11)13(17)7-10(2)8-14(18)19/h4-6,9-10,16H,3,7-8H2,1-2H3,(H,18,19). The zero-order chi connectivity index (χ0) is 14.4. The molecule has 0 aliphatic rings. The molecule has 0 aliphatic carbocycles. The molecule has 5 heteroatoms. The van der Waals surface area contributed by atoms with Crippen molar-refractivity contribution in [2.75, 3.05) is 11.4 Å². The predicted octanol–water partition coefficient (Wildman–Crippen LogP) is 2.25. The third kappa shape index (κ3) is 4.62. The number of rotatable bonds is 6. The molecule has 2 N–H and O–H groups in total. The molecule has 104 valence electrons. The molecule has 0 spiro atoms. The van der Waals surface area contributed by atoms with Crippen molar-refractivity contribution in [3.05, 3.63) is 24.3 Å². The van der Waals surface area contributed by atoms with E-state index in [9.17, 15) is 14.7 Å². The van der Waals surface area contributed by atoms with Crippen LogP contribution in [0.3, 0.4) is 0 Å². The summed E-state index contributed by atoms with van der Waals surface area (Å²) < 4.78 is 0. The number of aliphatic carboxylic acids is 1. The maximum atomic E-state index is 12.1. The summed E-state index contributed by atoms with van der Waals surface area (Å²) in [4.78, 5) is 24.3. The molecule has 0 heterocycles. The van der Waals surface area contributed by atoms with Gasteiger partial charge in [0.25, 0.3) is 0 Å². The summed E-state index contributed by atoms with van der Waals surface area (Å²) in [6.07, 6.45) is 0.152. The number of carbonyl (C=O) groups is 2. The molecule has 19 heavy (non-hydrogen) atoms. The number of hydrogen-bond donors (Lipinski definition) is 2. The van der Waals surface area contributed by atoms with Crippen molar-refractivity contribution in [2.24, 2.45) is 5.92 Å². The summed E-state index contributed by atoms with van der Waals surface area (Å²) in [6, 6.07) is 6.46. The summed E-state index contributed by atoms with van der Waals surface area (Å²) in [7, 11) is 0. The van der Waals surface area contributed by atoms with Gasteiger partial charge in [-0.3, -0.25) is 9.59 Å². The Morgan fingerprint density at radius 1 is 1.32 bits per heavy atom. The van der Waals surface area contributed by atoms with E-state index in [2.05, 4.69) is 0 Å². The molecule has 1 rings (SSSR count). The lowest BCUT2D eigenvalue weighted by Crippen LogP contribution is -2.32. The highest BCUT2D eigenvalue weighted by Gasteiger charge is 2.18. The van der Waals surface area contributed by atoms with E-state index >= 15 is 0 Å². The first kappa shape index (κ1) is 15.0. The van der Waals surface area contributed by atoms with Gasteiger partial charge in [-0.2, -0.15) is 0 Å². The van der Waals surface area contributed by atoms with Gasteiger partial charge >= 0.3 is 5.97 Å². The minimum atomic E-state index is -0.902. The number of carboxylic acid groups (broad SMARTS) is 1. The lowest BCUT2D eigenvalue weighted by atomic mass is 10.0. The quantitative estimate of drug-likeness (QED) is 0.827. The number of carboxylic acids is 1. The van der Waals surface area contributed by atoms with Gasteiger partial charge in [-0.1, -0.05) is 13.0 Å². The molecular formula is C14H19NO4. The van der Waals surface area contributed by atoms with Gasteiger partial charge in [0.1, 0.15) is 5.75 Å². The summed E-state index contributed by atoms with van der Waals surface area (Å²) in [5, 5.41) is 18.1. The molecule has 0 bridgehead atoms. The smallest absolute Gasteiger partial charge is 0.303 e. The highest BCUT2D eigenvalue weighted by Crippen LogP contribution is 2.22. The summed E-state index contributed by atoms with van der Waals surface area (Å²) in [5.74, 6) is -1.15. The van der Waals surface area contributed by atoms with Gasteiger partial charge in [0, 0.05) is 31.1 Å². The third-order valence-corrected chi connectivity index (χ3v) is 2.80. The second-order valence-electron chi connectivity index (χ2n) is 4.57. The molecule has 1 atom stereocenters. The first-order valence-electron chi connectivity index (χ1n) is 6.25. The fraction of sp³-hybridized carbons (Fsp3) is 0.429. The molecule has 1 aromatic rings. The highest BCUT2D eigenvalue weighted by molar-refractivity contribution is 5.93. The molecule has 1 aromatic carbocycles. The zero-order valence-corrected chi connectivity index (χ0v) is 11.2. The first-order chi connectivity index (χ1) is 8.93. The van der Waals surface area contributed by atoms with Crippen molar-refractivity contribution < 1.29 is 19.8 Å². The van der Waals surface area contributed by atoms with Gasteiger partial charge in [-0.25, -0.2) is 0 Å². The SMILES string of the molecule is CCN(C(=O)CC(C)CC(=O)O)c1cccc(O)c1. The van der Waals surface area contributed by atoms with Crippen molar-refractivity contribution in [1.29, 1.82) is 0 Å². The summed E-state index contributed by atoms with van der Waals surface area (Å²) in [5.41, 5.74) is 0.620. The average molecular weight is 265 g/mol. The normalized spacial score (nSPS) is 11.9. The number of phenolic OH excluding ortho intramolecular Hbond substituents is 1. The Balaban J connectivity index is 2.74. The molecule has 1 amide bonds. The number of benzene rings is 1. The van der Waals surface area contributed by atoms with Crippen LogP contribution in [-0.4, -0.2) is 28.6 Å². The van der Waals surface area contributed by atoms with Crippen LogP contribution >= 0.6 is 0 Å². The molecule has 0 aromatic heterocycles. The Morgan fingerprint density at radius 2 is 2.00 bits per heavy atom. The predicted molar refractivity (Wildman–Crippen MR) is 72.2 cm³/mol. The van der Waals surface area contributed by atoms with Crippen molar-refractivity contribution in [2.45, 2.75) is 26.7 Å². The zero-order valence-electron chi connectivity index (χ0n) is 11.2. The van der Waals surface area contributed by atoms with Crippen LogP contribution in [0.2, 0.25) is 0 Å². The van der Waals surface area contributed by atoms with E-state index in [1.807, 2.05) is 6.92 Å². The van der Waals surface area contributed by atoms with Gasteiger partial charge in [-0.15, -0.1) is 0 Å². The first-order valence-corrected chi connectivity index (χ1v) is 6.25. The van der Waals surface area contributed by atoms with Crippen LogP contribution in [0.5, 0.6) is 5.75 Å². The number of carbonyl (C=O) groups excluding carboxylic acids is 1.